The van der Waals surface area contributed by atoms with Gasteiger partial charge < -0.3 is 14.2 Å². The SMILES string of the molecule is COC(=O)c1cn(C(=O)C2CN(S(=O)(=O)c3ccc(OC)cc3)c3cc(Cl)ccc3O2)c2ccccc12. The summed E-state index contributed by atoms with van der Waals surface area (Å²) >= 11 is 6.18. The number of aromatic nitrogens is 1. The smallest absolute Gasteiger partial charge is 0.340 e. The highest BCUT2D eigenvalue weighted by Gasteiger charge is 2.39. The van der Waals surface area contributed by atoms with Gasteiger partial charge in [-0.3, -0.25) is 13.7 Å². The van der Waals surface area contributed by atoms with E-state index in [0.717, 1.165) is 4.31 Å². The van der Waals surface area contributed by atoms with Crippen molar-refractivity contribution in [3.63, 3.8) is 0 Å². The number of ether oxygens (including phenoxy) is 3. The lowest BCUT2D eigenvalue weighted by molar-refractivity contribution is 0.0602. The Balaban J connectivity index is 1.59. The van der Waals surface area contributed by atoms with Crippen LogP contribution in [-0.4, -0.2) is 51.7 Å². The van der Waals surface area contributed by atoms with Gasteiger partial charge in [-0.25, -0.2) is 13.2 Å². The highest BCUT2D eigenvalue weighted by atomic mass is 35.5. The van der Waals surface area contributed by atoms with Crippen molar-refractivity contribution in [2.75, 3.05) is 25.1 Å². The molecule has 1 aliphatic heterocycles. The molecular formula is C26H21ClN2O7S. The normalized spacial score (nSPS) is 15.1. The monoisotopic (exact) mass is 540 g/mol. The fourth-order valence-corrected chi connectivity index (χ4v) is 5.88. The first-order chi connectivity index (χ1) is 17.7. The van der Waals surface area contributed by atoms with Gasteiger partial charge in [-0.05, 0) is 48.5 Å². The number of hydrogen-bond acceptors (Lipinski definition) is 7. The molecule has 3 aromatic carbocycles. The Labute approximate surface area is 217 Å². The molecule has 4 aromatic rings. The van der Waals surface area contributed by atoms with Crippen molar-refractivity contribution in [3.8, 4) is 11.5 Å². The molecule has 0 fully saturated rings. The summed E-state index contributed by atoms with van der Waals surface area (Å²) in [5.41, 5.74) is 0.875. The number of para-hydroxylation sites is 1. The zero-order chi connectivity index (χ0) is 26.3. The fraction of sp³-hybridized carbons (Fsp3) is 0.154. The second-order valence-electron chi connectivity index (χ2n) is 8.19. The van der Waals surface area contributed by atoms with Crippen LogP contribution in [0.4, 0.5) is 5.69 Å². The molecule has 190 valence electrons. The number of rotatable bonds is 5. The van der Waals surface area contributed by atoms with Gasteiger partial charge in [-0.15, -0.1) is 0 Å². The largest absolute Gasteiger partial charge is 0.497 e. The Morgan fingerprint density at radius 1 is 1.03 bits per heavy atom. The molecule has 0 N–H and O–H groups in total. The number of fused-ring (bicyclic) bond motifs is 2. The van der Waals surface area contributed by atoms with Crippen molar-refractivity contribution < 1.29 is 32.2 Å². The van der Waals surface area contributed by atoms with Gasteiger partial charge >= 0.3 is 5.97 Å². The van der Waals surface area contributed by atoms with E-state index in [1.54, 1.807) is 30.3 Å². The van der Waals surface area contributed by atoms with E-state index < -0.39 is 28.0 Å². The van der Waals surface area contributed by atoms with Crippen LogP contribution in [0.15, 0.2) is 77.8 Å². The van der Waals surface area contributed by atoms with Gasteiger partial charge in [-0.1, -0.05) is 29.8 Å². The summed E-state index contributed by atoms with van der Waals surface area (Å²) in [5, 5.41) is 0.828. The number of hydrogen-bond donors (Lipinski definition) is 0. The van der Waals surface area contributed by atoms with E-state index in [9.17, 15) is 18.0 Å². The second-order valence-corrected chi connectivity index (χ2v) is 10.5. The molecule has 0 saturated carbocycles. The number of benzene rings is 3. The number of halogens is 1. The molecule has 0 radical (unpaired) electrons. The Morgan fingerprint density at radius 2 is 1.76 bits per heavy atom. The molecule has 11 heteroatoms. The quantitative estimate of drug-likeness (QED) is 0.346. The molecule has 2 heterocycles. The van der Waals surface area contributed by atoms with E-state index in [1.165, 1.54) is 61.4 Å². The maximum Gasteiger partial charge on any atom is 0.340 e. The van der Waals surface area contributed by atoms with E-state index in [4.69, 9.17) is 25.8 Å². The molecule has 0 bridgehead atoms. The van der Waals surface area contributed by atoms with Crippen molar-refractivity contribution in [3.05, 3.63) is 83.5 Å². The Bertz CT molecular complexity index is 1630. The summed E-state index contributed by atoms with van der Waals surface area (Å²) in [6.45, 7) is -0.319. The minimum Gasteiger partial charge on any atom is -0.497 e. The minimum atomic E-state index is -4.12. The Hall–Kier alpha value is -4.02. The van der Waals surface area contributed by atoms with Crippen LogP contribution in [0.1, 0.15) is 15.2 Å². The first-order valence-electron chi connectivity index (χ1n) is 11.1. The highest BCUT2D eigenvalue weighted by molar-refractivity contribution is 7.92. The van der Waals surface area contributed by atoms with Gasteiger partial charge in [0.2, 0.25) is 0 Å². The topological polar surface area (TPSA) is 104 Å². The summed E-state index contributed by atoms with van der Waals surface area (Å²) in [4.78, 5) is 26.1. The highest BCUT2D eigenvalue weighted by Crippen LogP contribution is 2.39. The zero-order valence-electron chi connectivity index (χ0n) is 19.8. The van der Waals surface area contributed by atoms with Crippen molar-refractivity contribution in [1.29, 1.82) is 0 Å². The van der Waals surface area contributed by atoms with Gasteiger partial charge in [0.05, 0.1) is 42.4 Å². The number of carbonyl (C=O) groups is 2. The molecule has 0 saturated heterocycles. The van der Waals surface area contributed by atoms with Crippen LogP contribution in [-0.2, 0) is 14.8 Å². The number of nitrogens with zero attached hydrogens (tertiary/aromatic N) is 2. The molecule has 1 aromatic heterocycles. The lowest BCUT2D eigenvalue weighted by Gasteiger charge is -2.35. The third-order valence-electron chi connectivity index (χ3n) is 6.07. The first-order valence-corrected chi connectivity index (χ1v) is 12.9. The van der Waals surface area contributed by atoms with Gasteiger partial charge in [0.1, 0.15) is 11.5 Å². The minimum absolute atomic E-state index is 0.00622. The van der Waals surface area contributed by atoms with Gasteiger partial charge in [0.15, 0.2) is 6.10 Å². The van der Waals surface area contributed by atoms with Crippen molar-refractivity contribution in [2.45, 2.75) is 11.0 Å². The molecule has 1 aliphatic rings. The number of anilines is 1. The van der Waals surface area contributed by atoms with Gasteiger partial charge in [-0.2, -0.15) is 0 Å². The molecule has 0 aliphatic carbocycles. The van der Waals surface area contributed by atoms with Crippen LogP contribution in [0.3, 0.4) is 0 Å². The standard InChI is InChI=1S/C26H21ClN2O7S/c1-34-17-8-10-18(11-9-17)37(32,33)29-15-24(36-23-12-7-16(27)13-22(23)29)25(30)28-14-20(26(31)35-2)19-5-3-4-6-21(19)28/h3-14,24H,15H2,1-2H3. The van der Waals surface area contributed by atoms with Gasteiger partial charge in [0.25, 0.3) is 15.9 Å². The fourth-order valence-electron chi connectivity index (χ4n) is 4.25. The van der Waals surface area contributed by atoms with Crippen LogP contribution in [0.25, 0.3) is 10.9 Å². The molecule has 0 amide bonds. The summed E-state index contributed by atoms with van der Waals surface area (Å²) in [5.74, 6) is -0.480. The van der Waals surface area contributed by atoms with E-state index in [1.807, 2.05) is 0 Å². The molecule has 1 atom stereocenters. The number of carbonyl (C=O) groups excluding carboxylic acids is 2. The van der Waals surface area contributed by atoms with Crippen molar-refractivity contribution in [2.24, 2.45) is 0 Å². The molecule has 1 unspecified atom stereocenters. The predicted octanol–water partition coefficient (Wildman–Crippen LogP) is 4.39. The van der Waals surface area contributed by atoms with Gasteiger partial charge in [0, 0.05) is 16.6 Å². The molecule has 37 heavy (non-hydrogen) atoms. The number of esters is 1. The third-order valence-corrected chi connectivity index (χ3v) is 8.10. The average Bonchev–Trinajstić information content (AvgIpc) is 3.31. The number of sulfonamides is 1. The predicted molar refractivity (Wildman–Crippen MR) is 137 cm³/mol. The lowest BCUT2D eigenvalue weighted by Crippen LogP contribution is -2.48. The summed E-state index contributed by atoms with van der Waals surface area (Å²) < 4.78 is 45.8. The van der Waals surface area contributed by atoms with Crippen molar-refractivity contribution in [1.82, 2.24) is 4.57 Å². The molecule has 9 nitrogen and oxygen atoms in total. The first kappa shape index (κ1) is 24.7. The zero-order valence-corrected chi connectivity index (χ0v) is 21.3. The Morgan fingerprint density at radius 3 is 2.46 bits per heavy atom. The second kappa shape index (κ2) is 9.45. The molecular weight excluding hydrogens is 520 g/mol. The van der Waals surface area contributed by atoms with Crippen LogP contribution < -0.4 is 13.8 Å². The lowest BCUT2D eigenvalue weighted by atomic mass is 10.2. The average molecular weight is 541 g/mol. The number of methoxy groups -OCH3 is 2. The van der Waals surface area contributed by atoms with E-state index in [2.05, 4.69) is 0 Å². The maximum atomic E-state index is 13.7. The molecule has 0 spiro atoms. The van der Waals surface area contributed by atoms with Crippen molar-refractivity contribution >= 4 is 50.1 Å². The summed E-state index contributed by atoms with van der Waals surface area (Å²) in [6, 6.07) is 17.3. The molecule has 5 rings (SSSR count). The van der Waals surface area contributed by atoms with Crippen LogP contribution in [0.5, 0.6) is 11.5 Å². The summed E-state index contributed by atoms with van der Waals surface area (Å²) in [6.07, 6.45) is 0.157. The van der Waals surface area contributed by atoms with Crippen LogP contribution >= 0.6 is 11.6 Å². The Kier molecular flexibility index (Phi) is 6.30. The van der Waals surface area contributed by atoms with Crippen LogP contribution in [0.2, 0.25) is 5.02 Å². The third kappa shape index (κ3) is 4.28. The van der Waals surface area contributed by atoms with Crippen LogP contribution in [0, 0.1) is 0 Å². The maximum absolute atomic E-state index is 13.7. The van der Waals surface area contributed by atoms with E-state index in [-0.39, 0.29) is 28.4 Å². The summed E-state index contributed by atoms with van der Waals surface area (Å²) in [7, 11) is -1.38. The van der Waals surface area contributed by atoms with E-state index in [0.29, 0.717) is 21.7 Å². The van der Waals surface area contributed by atoms with E-state index >= 15 is 0 Å².